The third-order valence-electron chi connectivity index (χ3n) is 6.40. The van der Waals surface area contributed by atoms with Crippen LogP contribution >= 0.6 is 0 Å². The van der Waals surface area contributed by atoms with E-state index in [9.17, 15) is 0 Å². The molecule has 168 valence electrons. The van der Waals surface area contributed by atoms with Crippen molar-refractivity contribution >= 4 is 39.9 Å². The highest BCUT2D eigenvalue weighted by molar-refractivity contribution is 6.50. The van der Waals surface area contributed by atoms with Gasteiger partial charge in [0.25, 0.3) is 0 Å². The van der Waals surface area contributed by atoms with E-state index in [1.807, 2.05) is 31.2 Å². The van der Waals surface area contributed by atoms with Gasteiger partial charge in [0.2, 0.25) is 0 Å². The predicted octanol–water partition coefficient (Wildman–Crippen LogP) is 8.84. The molecule has 2 heteroatoms. The van der Waals surface area contributed by atoms with Gasteiger partial charge in [-0.3, -0.25) is 10.8 Å². The lowest BCUT2D eigenvalue weighted by Gasteiger charge is -2.21. The monoisotopic (exact) mass is 450 g/mol. The van der Waals surface area contributed by atoms with Gasteiger partial charge in [-0.05, 0) is 80.4 Å². The van der Waals surface area contributed by atoms with Crippen molar-refractivity contribution < 1.29 is 0 Å². The van der Waals surface area contributed by atoms with E-state index in [2.05, 4.69) is 85.5 Å². The summed E-state index contributed by atoms with van der Waals surface area (Å²) in [4.78, 5) is 0. The summed E-state index contributed by atoms with van der Waals surface area (Å²) in [6.45, 7) is 6.26. The zero-order valence-electron chi connectivity index (χ0n) is 19.7. The second-order valence-electron chi connectivity index (χ2n) is 8.53. The van der Waals surface area contributed by atoms with E-state index >= 15 is 0 Å². The highest BCUT2D eigenvalue weighted by Crippen LogP contribution is 2.44. The van der Waals surface area contributed by atoms with Crippen molar-refractivity contribution in [2.45, 2.75) is 6.92 Å². The fourth-order valence-corrected chi connectivity index (χ4v) is 4.82. The Morgan fingerprint density at radius 2 is 1.29 bits per heavy atom. The summed E-state index contributed by atoms with van der Waals surface area (Å²) in [5.41, 5.74) is 9.31. The Balaban J connectivity index is 1.93. The molecule has 0 fully saturated rings. The lowest BCUT2D eigenvalue weighted by Crippen LogP contribution is -2.09. The second-order valence-corrected chi connectivity index (χ2v) is 8.53. The van der Waals surface area contributed by atoms with E-state index in [1.165, 1.54) is 5.56 Å². The molecule has 0 amide bonds. The van der Waals surface area contributed by atoms with E-state index in [0.717, 1.165) is 49.7 Å². The van der Waals surface area contributed by atoms with Gasteiger partial charge in [0, 0.05) is 0 Å². The zero-order valence-corrected chi connectivity index (χ0v) is 19.7. The van der Waals surface area contributed by atoms with Crippen LogP contribution in [-0.4, -0.2) is 11.4 Å². The molecule has 5 rings (SSSR count). The number of allylic oxidation sites excluding steroid dienone is 5. The van der Waals surface area contributed by atoms with E-state index < -0.39 is 0 Å². The van der Waals surface area contributed by atoms with Crippen LogP contribution in [-0.2, 0) is 0 Å². The largest absolute Gasteiger partial charge is 0.299 e. The lowest BCUT2D eigenvalue weighted by atomic mass is 9.82. The first-order chi connectivity index (χ1) is 17.1. The average molecular weight is 451 g/mol. The van der Waals surface area contributed by atoms with Crippen molar-refractivity contribution in [3.05, 3.63) is 126 Å². The van der Waals surface area contributed by atoms with E-state index in [-0.39, 0.29) is 11.4 Å². The molecule has 2 nitrogen and oxygen atoms in total. The number of nitrogens with one attached hydrogen (secondary N) is 2. The van der Waals surface area contributed by atoms with E-state index in [4.69, 9.17) is 10.8 Å². The van der Waals surface area contributed by atoms with Gasteiger partial charge in [-0.15, -0.1) is 0 Å². The molecule has 1 aliphatic rings. The minimum Gasteiger partial charge on any atom is -0.299 e. The van der Waals surface area contributed by atoms with Gasteiger partial charge in [-0.25, -0.2) is 0 Å². The van der Waals surface area contributed by atoms with Crippen LogP contribution in [0.4, 0.5) is 0 Å². The van der Waals surface area contributed by atoms with Gasteiger partial charge < -0.3 is 0 Å². The first-order valence-electron chi connectivity index (χ1n) is 11.7. The second kappa shape index (κ2) is 9.36. The van der Waals surface area contributed by atoms with E-state index in [0.29, 0.717) is 0 Å². The van der Waals surface area contributed by atoms with Crippen LogP contribution < -0.4 is 0 Å². The van der Waals surface area contributed by atoms with E-state index in [1.54, 1.807) is 12.2 Å². The summed E-state index contributed by atoms with van der Waals surface area (Å²) in [5.74, 6) is 0. The molecule has 0 atom stereocenters. The molecule has 0 spiro atoms. The molecule has 0 saturated carbocycles. The fourth-order valence-electron chi connectivity index (χ4n) is 4.82. The molecular formula is C33H26N2. The van der Waals surface area contributed by atoms with Gasteiger partial charge in [-0.1, -0.05) is 104 Å². The molecule has 0 bridgehead atoms. The van der Waals surface area contributed by atoms with Crippen molar-refractivity contribution in [3.63, 3.8) is 0 Å². The Kier molecular flexibility index (Phi) is 5.95. The molecule has 0 aliphatic heterocycles. The molecule has 0 unspecified atom stereocenters. The van der Waals surface area contributed by atoms with Crippen molar-refractivity contribution in [1.29, 1.82) is 10.8 Å². The van der Waals surface area contributed by atoms with Gasteiger partial charge in [0.05, 0.1) is 11.4 Å². The molecule has 0 radical (unpaired) electrons. The minimum absolute atomic E-state index is 0.229. The maximum absolute atomic E-state index is 8.13. The number of hydrogen-bond donors (Lipinski definition) is 2. The summed E-state index contributed by atoms with van der Waals surface area (Å²) in [7, 11) is 0. The molecule has 1 aliphatic carbocycles. The molecule has 4 aromatic rings. The Hall–Kier alpha value is -4.56. The first kappa shape index (κ1) is 22.2. The zero-order chi connectivity index (χ0) is 24.4. The SMILES string of the molecule is C=Cc1c(/C=C\C)c(-c2ccccc2)c2cc(C3=CC(=N)C(=N)C=C3)ccc2c1-c1ccccc1. The van der Waals surface area contributed by atoms with Crippen LogP contribution in [0, 0.1) is 10.8 Å². The molecule has 2 N–H and O–H groups in total. The average Bonchev–Trinajstić information content (AvgIpc) is 2.90. The van der Waals surface area contributed by atoms with Crippen molar-refractivity contribution in [1.82, 2.24) is 0 Å². The molecule has 0 saturated heterocycles. The maximum atomic E-state index is 8.13. The number of benzene rings is 4. The third-order valence-corrected chi connectivity index (χ3v) is 6.40. The van der Waals surface area contributed by atoms with Crippen LogP contribution in [0.3, 0.4) is 0 Å². The lowest BCUT2D eigenvalue weighted by molar-refractivity contribution is 1.49. The smallest absolute Gasteiger partial charge is 0.0795 e. The number of rotatable bonds is 5. The van der Waals surface area contributed by atoms with Gasteiger partial charge in [0.1, 0.15) is 0 Å². The topological polar surface area (TPSA) is 47.7 Å². The quantitative estimate of drug-likeness (QED) is 0.285. The van der Waals surface area contributed by atoms with Crippen LogP contribution in [0.25, 0.3) is 50.8 Å². The Labute approximate surface area is 206 Å². The Bertz CT molecular complexity index is 1570. The van der Waals surface area contributed by atoms with Gasteiger partial charge >= 0.3 is 0 Å². The summed E-state index contributed by atoms with van der Waals surface area (Å²) in [6.07, 6.45) is 11.6. The highest BCUT2D eigenvalue weighted by Gasteiger charge is 2.20. The fraction of sp³-hybridized carbons (Fsp3) is 0.0303. The Morgan fingerprint density at radius 1 is 0.657 bits per heavy atom. The summed E-state index contributed by atoms with van der Waals surface area (Å²) < 4.78 is 0. The van der Waals surface area contributed by atoms with Crippen molar-refractivity contribution in [2.24, 2.45) is 0 Å². The maximum Gasteiger partial charge on any atom is 0.0795 e. The normalized spacial score (nSPS) is 13.5. The summed E-state index contributed by atoms with van der Waals surface area (Å²) in [6, 6.07) is 27.5. The Morgan fingerprint density at radius 3 is 1.86 bits per heavy atom. The first-order valence-corrected chi connectivity index (χ1v) is 11.7. The van der Waals surface area contributed by atoms with Crippen LogP contribution in [0.5, 0.6) is 0 Å². The molecule has 0 heterocycles. The molecular weight excluding hydrogens is 424 g/mol. The standard InChI is InChI=1S/C33H26N2/c1-3-11-27-26(4-2)32(22-12-7-5-8-13-22)28-18-16-24(25-17-19-30(34)31(35)21-25)20-29(28)33(27)23-14-9-6-10-15-23/h3-21,34-35H,2H2,1H3/b11-3-,34-30?,35-31?. The van der Waals surface area contributed by atoms with Crippen LogP contribution in [0.2, 0.25) is 0 Å². The van der Waals surface area contributed by atoms with Gasteiger partial charge in [-0.2, -0.15) is 0 Å². The summed E-state index contributed by atoms with van der Waals surface area (Å²) in [5, 5.41) is 18.3. The number of hydrogen-bond acceptors (Lipinski definition) is 2. The molecule has 0 aromatic heterocycles. The number of fused-ring (bicyclic) bond motifs is 1. The third kappa shape index (κ3) is 4.00. The highest BCUT2D eigenvalue weighted by atomic mass is 14.5. The summed E-state index contributed by atoms with van der Waals surface area (Å²) >= 11 is 0. The predicted molar refractivity (Wildman–Crippen MR) is 152 cm³/mol. The molecule has 4 aromatic carbocycles. The van der Waals surface area contributed by atoms with Gasteiger partial charge in [0.15, 0.2) is 0 Å². The van der Waals surface area contributed by atoms with Crippen molar-refractivity contribution in [3.8, 4) is 22.3 Å². The van der Waals surface area contributed by atoms with Crippen LogP contribution in [0.15, 0.2) is 110 Å². The minimum atomic E-state index is 0.229. The van der Waals surface area contributed by atoms with Crippen LogP contribution in [0.1, 0.15) is 23.6 Å². The molecule has 35 heavy (non-hydrogen) atoms. The van der Waals surface area contributed by atoms with Crippen molar-refractivity contribution in [2.75, 3.05) is 0 Å².